The van der Waals surface area contributed by atoms with Crippen LogP contribution in [0.5, 0.6) is 0 Å². The van der Waals surface area contributed by atoms with Gasteiger partial charge in [0.15, 0.2) is 0 Å². The molecular weight excluding hydrogens is 217 g/mol. The molecule has 2 aromatic rings. The zero-order valence-corrected chi connectivity index (χ0v) is 8.75. The van der Waals surface area contributed by atoms with Gasteiger partial charge in [0.25, 0.3) is 0 Å². The third-order valence-corrected chi connectivity index (χ3v) is 1.94. The van der Waals surface area contributed by atoms with Crippen molar-refractivity contribution in [3.63, 3.8) is 0 Å². The number of hydrogen-bond acceptors (Lipinski definition) is 2. The molecular formula is C10H11ClFN3. The normalized spacial score (nSPS) is 9.73. The molecule has 0 aliphatic carbocycles. The third-order valence-electron chi connectivity index (χ3n) is 1.94. The molecule has 3 nitrogen and oxygen atoms in total. The number of benzene rings is 1. The second kappa shape index (κ2) is 4.91. The summed E-state index contributed by atoms with van der Waals surface area (Å²) in [5.41, 5.74) is 7.07. The average molecular weight is 228 g/mol. The minimum Gasteiger partial charge on any atom is -0.325 e. The molecule has 5 heteroatoms. The topological polar surface area (TPSA) is 43.8 Å². The molecule has 0 spiro atoms. The van der Waals surface area contributed by atoms with Crippen molar-refractivity contribution in [2.24, 2.45) is 5.73 Å². The molecule has 0 atom stereocenters. The maximum atomic E-state index is 12.6. The van der Waals surface area contributed by atoms with Crippen LogP contribution in [0.25, 0.3) is 5.69 Å². The number of nitrogens with two attached hydrogens (primary N) is 1. The van der Waals surface area contributed by atoms with Gasteiger partial charge in [-0.25, -0.2) is 9.07 Å². The van der Waals surface area contributed by atoms with E-state index in [4.69, 9.17) is 5.73 Å². The molecule has 2 rings (SSSR count). The largest absolute Gasteiger partial charge is 0.325 e. The van der Waals surface area contributed by atoms with Gasteiger partial charge in [0.2, 0.25) is 0 Å². The minimum atomic E-state index is -0.250. The Labute approximate surface area is 93.1 Å². The lowest BCUT2D eigenvalue weighted by Gasteiger charge is -1.99. The molecule has 0 bridgehead atoms. The van der Waals surface area contributed by atoms with Crippen LogP contribution < -0.4 is 5.73 Å². The summed E-state index contributed by atoms with van der Waals surface area (Å²) >= 11 is 0. The molecule has 0 saturated heterocycles. The van der Waals surface area contributed by atoms with Crippen molar-refractivity contribution >= 4 is 12.4 Å². The molecule has 0 amide bonds. The summed E-state index contributed by atoms with van der Waals surface area (Å²) in [6.07, 6.45) is 1.80. The van der Waals surface area contributed by atoms with Gasteiger partial charge in [-0.1, -0.05) is 0 Å². The lowest BCUT2D eigenvalue weighted by Crippen LogP contribution is -2.00. The summed E-state index contributed by atoms with van der Waals surface area (Å²) in [6, 6.07) is 7.98. The highest BCUT2D eigenvalue weighted by molar-refractivity contribution is 5.85. The van der Waals surface area contributed by atoms with Crippen LogP contribution in [0.4, 0.5) is 4.39 Å². The molecule has 0 saturated carbocycles. The summed E-state index contributed by atoms with van der Waals surface area (Å²) in [5.74, 6) is -0.250. The SMILES string of the molecule is Cl.NCc1ccn(-c2ccc(F)cc2)n1. The van der Waals surface area contributed by atoms with Gasteiger partial charge in [-0.15, -0.1) is 12.4 Å². The van der Waals surface area contributed by atoms with Gasteiger partial charge in [0.1, 0.15) is 5.82 Å². The van der Waals surface area contributed by atoms with E-state index < -0.39 is 0 Å². The fourth-order valence-electron chi connectivity index (χ4n) is 1.21. The first-order valence-electron chi connectivity index (χ1n) is 4.30. The van der Waals surface area contributed by atoms with E-state index in [-0.39, 0.29) is 18.2 Å². The third kappa shape index (κ3) is 2.55. The summed E-state index contributed by atoms with van der Waals surface area (Å²) in [7, 11) is 0. The van der Waals surface area contributed by atoms with Crippen molar-refractivity contribution in [1.82, 2.24) is 9.78 Å². The van der Waals surface area contributed by atoms with Crippen LogP contribution in [0.15, 0.2) is 36.5 Å². The van der Waals surface area contributed by atoms with Gasteiger partial charge in [0.05, 0.1) is 11.4 Å². The molecule has 15 heavy (non-hydrogen) atoms. The van der Waals surface area contributed by atoms with E-state index in [2.05, 4.69) is 5.10 Å². The van der Waals surface area contributed by atoms with Crippen LogP contribution in [0.3, 0.4) is 0 Å². The van der Waals surface area contributed by atoms with Crippen molar-refractivity contribution in [1.29, 1.82) is 0 Å². The van der Waals surface area contributed by atoms with E-state index in [9.17, 15) is 4.39 Å². The van der Waals surface area contributed by atoms with E-state index in [0.717, 1.165) is 11.4 Å². The predicted octanol–water partition coefficient (Wildman–Crippen LogP) is 1.89. The Morgan fingerprint density at radius 2 is 1.87 bits per heavy atom. The molecule has 0 unspecified atom stereocenters. The molecule has 0 fully saturated rings. The summed E-state index contributed by atoms with van der Waals surface area (Å²) in [5, 5.41) is 4.20. The lowest BCUT2D eigenvalue weighted by atomic mass is 10.3. The molecule has 80 valence electrons. The summed E-state index contributed by atoms with van der Waals surface area (Å²) < 4.78 is 14.3. The maximum Gasteiger partial charge on any atom is 0.123 e. The average Bonchev–Trinajstić information content (AvgIpc) is 2.67. The molecule has 0 aliphatic heterocycles. The molecule has 0 radical (unpaired) electrons. The van der Waals surface area contributed by atoms with E-state index in [0.29, 0.717) is 6.54 Å². The standard InChI is InChI=1S/C10H10FN3.ClH/c11-8-1-3-10(4-2-8)14-6-5-9(7-12)13-14;/h1-6H,7,12H2;1H. The smallest absolute Gasteiger partial charge is 0.123 e. The quantitative estimate of drug-likeness (QED) is 0.852. The Morgan fingerprint density at radius 3 is 2.40 bits per heavy atom. The first-order chi connectivity index (χ1) is 6.79. The van der Waals surface area contributed by atoms with Crippen LogP contribution in [0, 0.1) is 5.82 Å². The Bertz CT molecular complexity index is 424. The highest BCUT2D eigenvalue weighted by Crippen LogP contribution is 2.08. The van der Waals surface area contributed by atoms with Gasteiger partial charge < -0.3 is 5.73 Å². The highest BCUT2D eigenvalue weighted by atomic mass is 35.5. The number of halogens is 2. The Kier molecular flexibility index (Phi) is 3.82. The fourth-order valence-corrected chi connectivity index (χ4v) is 1.21. The van der Waals surface area contributed by atoms with Crippen molar-refractivity contribution in [3.05, 3.63) is 48.0 Å². The highest BCUT2D eigenvalue weighted by Gasteiger charge is 1.99. The first-order valence-corrected chi connectivity index (χ1v) is 4.30. The van der Waals surface area contributed by atoms with Crippen LogP contribution in [0.1, 0.15) is 5.69 Å². The Balaban J connectivity index is 0.00000112. The van der Waals surface area contributed by atoms with Crippen LogP contribution in [-0.4, -0.2) is 9.78 Å². The number of aromatic nitrogens is 2. The Hall–Kier alpha value is -1.39. The second-order valence-electron chi connectivity index (χ2n) is 2.93. The van der Waals surface area contributed by atoms with Gasteiger partial charge in [-0.3, -0.25) is 0 Å². The van der Waals surface area contributed by atoms with E-state index in [1.54, 1.807) is 23.0 Å². The van der Waals surface area contributed by atoms with Crippen LogP contribution in [-0.2, 0) is 6.54 Å². The first kappa shape index (κ1) is 11.7. The van der Waals surface area contributed by atoms with Crippen molar-refractivity contribution in [2.75, 3.05) is 0 Å². The van der Waals surface area contributed by atoms with Gasteiger partial charge in [0, 0.05) is 12.7 Å². The van der Waals surface area contributed by atoms with E-state index in [1.165, 1.54) is 12.1 Å². The lowest BCUT2D eigenvalue weighted by molar-refractivity contribution is 0.627. The monoisotopic (exact) mass is 227 g/mol. The van der Waals surface area contributed by atoms with Crippen LogP contribution in [0.2, 0.25) is 0 Å². The summed E-state index contributed by atoms with van der Waals surface area (Å²) in [6.45, 7) is 0.411. The van der Waals surface area contributed by atoms with E-state index in [1.807, 2.05) is 6.07 Å². The van der Waals surface area contributed by atoms with Crippen molar-refractivity contribution < 1.29 is 4.39 Å². The van der Waals surface area contributed by atoms with Gasteiger partial charge in [-0.2, -0.15) is 5.10 Å². The zero-order valence-electron chi connectivity index (χ0n) is 7.93. The molecule has 1 aromatic heterocycles. The maximum absolute atomic E-state index is 12.6. The van der Waals surface area contributed by atoms with E-state index >= 15 is 0 Å². The number of nitrogens with zero attached hydrogens (tertiary/aromatic N) is 2. The molecule has 1 heterocycles. The zero-order chi connectivity index (χ0) is 9.97. The second-order valence-corrected chi connectivity index (χ2v) is 2.93. The van der Waals surface area contributed by atoms with Crippen molar-refractivity contribution in [2.45, 2.75) is 6.54 Å². The number of hydrogen-bond donors (Lipinski definition) is 1. The van der Waals surface area contributed by atoms with Crippen molar-refractivity contribution in [3.8, 4) is 5.69 Å². The predicted molar refractivity (Wildman–Crippen MR) is 58.7 cm³/mol. The van der Waals surface area contributed by atoms with Gasteiger partial charge >= 0.3 is 0 Å². The molecule has 1 aromatic carbocycles. The number of rotatable bonds is 2. The van der Waals surface area contributed by atoms with Gasteiger partial charge in [-0.05, 0) is 30.3 Å². The fraction of sp³-hybridized carbons (Fsp3) is 0.100. The summed E-state index contributed by atoms with van der Waals surface area (Å²) in [4.78, 5) is 0. The molecule has 0 aliphatic rings. The molecule has 2 N–H and O–H groups in total. The Morgan fingerprint density at radius 1 is 1.20 bits per heavy atom. The van der Waals surface area contributed by atoms with Crippen LogP contribution >= 0.6 is 12.4 Å². The minimum absolute atomic E-state index is 0.